The fraction of sp³-hybridized carbons (Fsp3) is 0.375. The molecule has 0 atom stereocenters. The number of ether oxygens (including phenoxy) is 1. The molecule has 0 radical (unpaired) electrons. The lowest BCUT2D eigenvalue weighted by molar-refractivity contribution is -0.139. The van der Waals surface area contributed by atoms with Crippen molar-refractivity contribution in [1.29, 1.82) is 0 Å². The van der Waals surface area contributed by atoms with Gasteiger partial charge in [-0.1, -0.05) is 5.92 Å². The monoisotopic (exact) mass is 136 g/mol. The number of carbonyl (C=O) groups excluding carboxylic acids is 1. The number of terminal acetylenes is 1. The molecule has 1 rings (SSSR count). The molecule has 10 heavy (non-hydrogen) atoms. The first-order valence-electron chi connectivity index (χ1n) is 3.16. The van der Waals surface area contributed by atoms with Gasteiger partial charge in [-0.15, -0.1) is 6.42 Å². The summed E-state index contributed by atoms with van der Waals surface area (Å²) in [5, 5.41) is 0. The van der Waals surface area contributed by atoms with Gasteiger partial charge in [-0.2, -0.15) is 0 Å². The van der Waals surface area contributed by atoms with Crippen molar-refractivity contribution in [1.82, 2.24) is 0 Å². The highest BCUT2D eigenvalue weighted by atomic mass is 16.5. The van der Waals surface area contributed by atoms with Gasteiger partial charge in [-0.3, -0.25) is 4.79 Å². The summed E-state index contributed by atoms with van der Waals surface area (Å²) in [6.07, 6.45) is 9.41. The van der Waals surface area contributed by atoms with Gasteiger partial charge in [0.25, 0.3) is 0 Å². The van der Waals surface area contributed by atoms with E-state index in [4.69, 9.17) is 6.42 Å². The molecule has 1 aliphatic carbocycles. The first-order valence-corrected chi connectivity index (χ1v) is 3.16. The smallest absolute Gasteiger partial charge is 0.313 e. The Kier molecular flexibility index (Phi) is 2.11. The van der Waals surface area contributed by atoms with E-state index < -0.39 is 0 Å². The molecule has 0 aliphatic heterocycles. The van der Waals surface area contributed by atoms with Crippen molar-refractivity contribution < 1.29 is 9.53 Å². The van der Waals surface area contributed by atoms with Gasteiger partial charge in [-0.05, 0) is 12.8 Å². The summed E-state index contributed by atoms with van der Waals surface area (Å²) in [5.74, 6) is 2.21. The largest absolute Gasteiger partial charge is 0.434 e. The van der Waals surface area contributed by atoms with Gasteiger partial charge in [0.05, 0.1) is 5.92 Å². The standard InChI is InChI=1S/C8H8O2/c1-2-3-6-10-8(9)7-4-5-7/h1,3,6-7H,4-5H2/b6-3+. The first-order chi connectivity index (χ1) is 4.84. The molecular weight excluding hydrogens is 128 g/mol. The van der Waals surface area contributed by atoms with E-state index in [1.807, 2.05) is 0 Å². The predicted molar refractivity (Wildman–Crippen MR) is 36.8 cm³/mol. The topological polar surface area (TPSA) is 26.3 Å². The Bertz CT molecular complexity index is 194. The van der Waals surface area contributed by atoms with Crippen molar-refractivity contribution in [3.63, 3.8) is 0 Å². The number of hydrogen-bond acceptors (Lipinski definition) is 2. The molecule has 0 unspecified atom stereocenters. The van der Waals surface area contributed by atoms with Gasteiger partial charge in [0.2, 0.25) is 0 Å². The normalized spacial score (nSPS) is 16.7. The minimum atomic E-state index is -0.161. The minimum absolute atomic E-state index is 0.141. The van der Waals surface area contributed by atoms with Crippen LogP contribution in [-0.4, -0.2) is 5.97 Å². The summed E-state index contributed by atoms with van der Waals surface area (Å²) in [7, 11) is 0. The van der Waals surface area contributed by atoms with Crippen LogP contribution in [0.15, 0.2) is 12.3 Å². The molecule has 1 aliphatic rings. The van der Waals surface area contributed by atoms with E-state index in [0.29, 0.717) is 0 Å². The Morgan fingerprint density at radius 2 is 2.40 bits per heavy atom. The van der Waals surface area contributed by atoms with Crippen LogP contribution >= 0.6 is 0 Å². The van der Waals surface area contributed by atoms with E-state index in [0.717, 1.165) is 12.8 Å². The van der Waals surface area contributed by atoms with E-state index in [1.165, 1.54) is 12.3 Å². The zero-order valence-corrected chi connectivity index (χ0v) is 5.54. The number of hydrogen-bond donors (Lipinski definition) is 0. The third-order valence-electron chi connectivity index (χ3n) is 1.26. The van der Waals surface area contributed by atoms with Crippen molar-refractivity contribution in [2.45, 2.75) is 12.8 Å². The summed E-state index contributed by atoms with van der Waals surface area (Å²) < 4.78 is 4.64. The molecule has 2 heteroatoms. The van der Waals surface area contributed by atoms with E-state index in [-0.39, 0.29) is 11.9 Å². The molecular formula is C8H8O2. The van der Waals surface area contributed by atoms with Gasteiger partial charge < -0.3 is 4.74 Å². The molecule has 0 heterocycles. The fourth-order valence-corrected chi connectivity index (χ4v) is 0.556. The van der Waals surface area contributed by atoms with E-state index >= 15 is 0 Å². The fourth-order valence-electron chi connectivity index (χ4n) is 0.556. The van der Waals surface area contributed by atoms with Gasteiger partial charge >= 0.3 is 5.97 Å². The third-order valence-corrected chi connectivity index (χ3v) is 1.26. The van der Waals surface area contributed by atoms with Crippen LogP contribution in [0.4, 0.5) is 0 Å². The molecule has 0 bridgehead atoms. The predicted octanol–water partition coefficient (Wildman–Crippen LogP) is 1.09. The maximum atomic E-state index is 10.7. The first kappa shape index (κ1) is 6.88. The third kappa shape index (κ3) is 1.94. The average molecular weight is 136 g/mol. The Labute approximate surface area is 59.9 Å². The van der Waals surface area contributed by atoms with Crippen LogP contribution in [0.5, 0.6) is 0 Å². The van der Waals surface area contributed by atoms with E-state index in [9.17, 15) is 4.79 Å². The van der Waals surface area contributed by atoms with Crippen LogP contribution in [-0.2, 0) is 9.53 Å². The van der Waals surface area contributed by atoms with Crippen molar-refractivity contribution >= 4 is 5.97 Å². The average Bonchev–Trinajstić information content (AvgIpc) is 2.69. The van der Waals surface area contributed by atoms with E-state index in [2.05, 4.69) is 10.7 Å². The molecule has 1 saturated carbocycles. The summed E-state index contributed by atoms with van der Waals surface area (Å²) in [5.41, 5.74) is 0. The molecule has 52 valence electrons. The van der Waals surface area contributed by atoms with Crippen LogP contribution in [0.3, 0.4) is 0 Å². The van der Waals surface area contributed by atoms with Crippen LogP contribution < -0.4 is 0 Å². The van der Waals surface area contributed by atoms with Crippen molar-refractivity contribution in [3.05, 3.63) is 12.3 Å². The Morgan fingerprint density at radius 3 is 2.90 bits per heavy atom. The highest BCUT2D eigenvalue weighted by Crippen LogP contribution is 2.29. The Balaban J connectivity index is 2.19. The van der Waals surface area contributed by atoms with Gasteiger partial charge in [0.1, 0.15) is 6.26 Å². The van der Waals surface area contributed by atoms with Gasteiger partial charge in [0.15, 0.2) is 0 Å². The maximum Gasteiger partial charge on any atom is 0.313 e. The summed E-state index contributed by atoms with van der Waals surface area (Å²) >= 11 is 0. The highest BCUT2D eigenvalue weighted by molar-refractivity contribution is 5.75. The molecule has 0 aromatic carbocycles. The SMILES string of the molecule is C#C/C=C/OC(=O)C1CC1. The molecule has 0 aromatic heterocycles. The van der Waals surface area contributed by atoms with Gasteiger partial charge in [-0.25, -0.2) is 0 Å². The second-order valence-corrected chi connectivity index (χ2v) is 2.18. The van der Waals surface area contributed by atoms with Crippen LogP contribution in [0.1, 0.15) is 12.8 Å². The lowest BCUT2D eigenvalue weighted by atomic mass is 10.4. The zero-order chi connectivity index (χ0) is 7.40. The molecule has 2 nitrogen and oxygen atoms in total. The summed E-state index contributed by atoms with van der Waals surface area (Å²) in [4.78, 5) is 10.7. The second-order valence-electron chi connectivity index (χ2n) is 2.18. The lowest BCUT2D eigenvalue weighted by Crippen LogP contribution is -2.00. The van der Waals surface area contributed by atoms with Crippen molar-refractivity contribution in [3.8, 4) is 12.3 Å². The van der Waals surface area contributed by atoms with E-state index in [1.54, 1.807) is 0 Å². The molecule has 0 amide bonds. The zero-order valence-electron chi connectivity index (χ0n) is 5.54. The maximum absolute atomic E-state index is 10.7. The summed E-state index contributed by atoms with van der Waals surface area (Å²) in [6.45, 7) is 0. The molecule has 0 saturated heterocycles. The van der Waals surface area contributed by atoms with Crippen LogP contribution in [0, 0.1) is 18.3 Å². The quantitative estimate of drug-likeness (QED) is 0.322. The van der Waals surface area contributed by atoms with Crippen LogP contribution in [0.25, 0.3) is 0 Å². The van der Waals surface area contributed by atoms with Crippen molar-refractivity contribution in [2.75, 3.05) is 0 Å². The Morgan fingerprint density at radius 1 is 1.70 bits per heavy atom. The van der Waals surface area contributed by atoms with Crippen LogP contribution in [0.2, 0.25) is 0 Å². The minimum Gasteiger partial charge on any atom is -0.434 e. The molecule has 0 aromatic rings. The highest BCUT2D eigenvalue weighted by Gasteiger charge is 2.30. The van der Waals surface area contributed by atoms with Gasteiger partial charge in [0, 0.05) is 6.08 Å². The number of carbonyl (C=O) groups is 1. The Hall–Kier alpha value is -1.23. The molecule has 0 spiro atoms. The summed E-state index contributed by atoms with van der Waals surface area (Å²) in [6, 6.07) is 0. The number of allylic oxidation sites excluding steroid dienone is 1. The van der Waals surface area contributed by atoms with Crippen molar-refractivity contribution in [2.24, 2.45) is 5.92 Å². The lowest BCUT2D eigenvalue weighted by Gasteiger charge is -1.91. The second kappa shape index (κ2) is 3.07. The number of esters is 1. The molecule has 1 fully saturated rings. The number of rotatable bonds is 2. The molecule has 0 N–H and O–H groups in total.